The zero-order valence-electron chi connectivity index (χ0n) is 18.6. The lowest BCUT2D eigenvalue weighted by Gasteiger charge is -2.31. The number of nitrogens with zero attached hydrogens (tertiary/aromatic N) is 4. The van der Waals surface area contributed by atoms with Crippen molar-refractivity contribution >= 4 is 34.2 Å². The largest absolute Gasteiger partial charge is 0.383 e. The zero-order valence-corrected chi connectivity index (χ0v) is 19.4. The van der Waals surface area contributed by atoms with Crippen molar-refractivity contribution in [2.24, 2.45) is 0 Å². The van der Waals surface area contributed by atoms with Gasteiger partial charge in [-0.1, -0.05) is 35.5 Å². The van der Waals surface area contributed by atoms with Crippen LogP contribution in [0.2, 0.25) is 0 Å². The van der Waals surface area contributed by atoms with E-state index >= 15 is 0 Å². The summed E-state index contributed by atoms with van der Waals surface area (Å²) in [5.41, 5.74) is 1.90. The van der Waals surface area contributed by atoms with Gasteiger partial charge in [-0.25, -0.2) is 9.07 Å². The average Bonchev–Trinajstić information content (AvgIpc) is 3.50. The Kier molecular flexibility index (Phi) is 7.61. The molecule has 34 heavy (non-hydrogen) atoms. The van der Waals surface area contributed by atoms with Crippen molar-refractivity contribution in [3.63, 3.8) is 0 Å². The molecule has 0 aliphatic rings. The molecule has 0 spiro atoms. The van der Waals surface area contributed by atoms with E-state index in [4.69, 9.17) is 4.74 Å². The maximum Gasteiger partial charge on any atom is 0.247 e. The highest BCUT2D eigenvalue weighted by Crippen LogP contribution is 2.26. The van der Waals surface area contributed by atoms with Crippen LogP contribution in [0.4, 0.5) is 4.39 Å². The molecule has 8 nitrogen and oxygen atoms in total. The Morgan fingerprint density at radius 2 is 1.94 bits per heavy atom. The smallest absolute Gasteiger partial charge is 0.247 e. The molecule has 0 unspecified atom stereocenters. The monoisotopic (exact) mass is 481 g/mol. The summed E-state index contributed by atoms with van der Waals surface area (Å²) in [4.78, 5) is 29.4. The average molecular weight is 482 g/mol. The lowest BCUT2D eigenvalue weighted by molar-refractivity contribution is -0.142. The van der Waals surface area contributed by atoms with Gasteiger partial charge in [-0.2, -0.15) is 0 Å². The fraction of sp³-hybridized carbons (Fsp3) is 0.250. The second-order valence-electron chi connectivity index (χ2n) is 7.57. The van der Waals surface area contributed by atoms with Gasteiger partial charge < -0.3 is 15.0 Å². The number of ether oxygens (including phenoxy) is 1. The molecule has 0 radical (unpaired) electrons. The molecule has 2 heterocycles. The molecule has 4 rings (SSSR count). The number of carbonyl (C=O) groups is 2. The van der Waals surface area contributed by atoms with E-state index in [0.29, 0.717) is 17.7 Å². The van der Waals surface area contributed by atoms with Crippen molar-refractivity contribution in [2.75, 3.05) is 20.3 Å². The third kappa shape index (κ3) is 5.46. The minimum Gasteiger partial charge on any atom is -0.383 e. The molecule has 4 aromatic rings. The van der Waals surface area contributed by atoms with Gasteiger partial charge in [0.1, 0.15) is 23.9 Å². The number of hydrogen-bond acceptors (Lipinski definition) is 6. The van der Waals surface area contributed by atoms with Gasteiger partial charge in [0.25, 0.3) is 0 Å². The Morgan fingerprint density at radius 1 is 1.15 bits per heavy atom. The normalized spacial score (nSPS) is 11.9. The number of methoxy groups -OCH3 is 1. The first-order valence-electron chi connectivity index (χ1n) is 10.7. The summed E-state index contributed by atoms with van der Waals surface area (Å²) in [5, 5.41) is 13.0. The van der Waals surface area contributed by atoms with Crippen LogP contribution in [-0.2, 0) is 27.4 Å². The van der Waals surface area contributed by atoms with Crippen LogP contribution >= 0.6 is 11.3 Å². The standard InChI is InChI=1S/C24H24FN5O3S/c1-33-13-12-26-24(32)23(17-8-10-18(25)11-9-17)29(15-19-5-4-14-34-19)22(31)16-30-21-7-3-2-6-20(21)27-28-30/h2-11,14,23H,12-13,15-16H2,1H3,(H,26,32)/t23-/m1/s1. The lowest BCUT2D eigenvalue weighted by Crippen LogP contribution is -2.45. The van der Waals surface area contributed by atoms with Gasteiger partial charge in [0.2, 0.25) is 11.8 Å². The van der Waals surface area contributed by atoms with Crippen LogP contribution in [0, 0.1) is 5.82 Å². The van der Waals surface area contributed by atoms with Gasteiger partial charge in [0.05, 0.1) is 18.7 Å². The molecule has 1 N–H and O–H groups in total. The van der Waals surface area contributed by atoms with E-state index in [1.807, 2.05) is 41.8 Å². The number of carbonyl (C=O) groups excluding carboxylic acids is 2. The van der Waals surface area contributed by atoms with Crippen LogP contribution in [0.15, 0.2) is 66.0 Å². The molecule has 0 saturated heterocycles. The first-order valence-corrected chi connectivity index (χ1v) is 11.6. The maximum atomic E-state index is 13.7. The van der Waals surface area contributed by atoms with Crippen molar-refractivity contribution in [3.05, 3.63) is 82.3 Å². The Hall–Kier alpha value is -3.63. The van der Waals surface area contributed by atoms with E-state index in [9.17, 15) is 14.0 Å². The summed E-state index contributed by atoms with van der Waals surface area (Å²) in [6.07, 6.45) is 0. The van der Waals surface area contributed by atoms with E-state index in [1.54, 1.807) is 7.11 Å². The van der Waals surface area contributed by atoms with Gasteiger partial charge in [0, 0.05) is 18.5 Å². The van der Waals surface area contributed by atoms with Gasteiger partial charge in [-0.15, -0.1) is 16.4 Å². The summed E-state index contributed by atoms with van der Waals surface area (Å²) >= 11 is 1.49. The van der Waals surface area contributed by atoms with Crippen LogP contribution < -0.4 is 5.32 Å². The molecular formula is C24H24FN5O3S. The Labute approximate surface area is 199 Å². The van der Waals surface area contributed by atoms with Crippen LogP contribution in [0.1, 0.15) is 16.5 Å². The Bertz CT molecular complexity index is 1240. The number of halogens is 1. The number of nitrogens with one attached hydrogen (secondary N) is 1. The molecule has 10 heteroatoms. The fourth-order valence-electron chi connectivity index (χ4n) is 3.64. The lowest BCUT2D eigenvalue weighted by atomic mass is 10.0. The van der Waals surface area contributed by atoms with Crippen molar-refractivity contribution in [1.29, 1.82) is 0 Å². The second kappa shape index (κ2) is 11.0. The summed E-state index contributed by atoms with van der Waals surface area (Å²) in [6, 6.07) is 15.8. The zero-order chi connectivity index (χ0) is 23.9. The molecule has 0 aliphatic heterocycles. The molecule has 2 amide bonds. The quantitative estimate of drug-likeness (QED) is 0.352. The van der Waals surface area contributed by atoms with Gasteiger partial charge >= 0.3 is 0 Å². The highest BCUT2D eigenvalue weighted by molar-refractivity contribution is 7.09. The number of thiophene rings is 1. The Balaban J connectivity index is 1.69. The van der Waals surface area contributed by atoms with Crippen LogP contribution in [-0.4, -0.2) is 52.0 Å². The molecule has 0 saturated carbocycles. The maximum absolute atomic E-state index is 13.7. The van der Waals surface area contributed by atoms with Gasteiger partial charge in [-0.3, -0.25) is 9.59 Å². The van der Waals surface area contributed by atoms with Gasteiger partial charge in [0.15, 0.2) is 0 Å². The number of para-hydroxylation sites is 1. The summed E-state index contributed by atoms with van der Waals surface area (Å²) < 4.78 is 20.2. The molecule has 2 aromatic heterocycles. The molecule has 176 valence electrons. The van der Waals surface area contributed by atoms with Crippen LogP contribution in [0.5, 0.6) is 0 Å². The van der Waals surface area contributed by atoms with Crippen molar-refractivity contribution in [1.82, 2.24) is 25.2 Å². The third-order valence-electron chi connectivity index (χ3n) is 5.28. The predicted molar refractivity (Wildman–Crippen MR) is 126 cm³/mol. The van der Waals surface area contributed by atoms with E-state index < -0.39 is 11.9 Å². The topological polar surface area (TPSA) is 89.4 Å². The summed E-state index contributed by atoms with van der Waals surface area (Å²) in [5.74, 6) is -1.12. The molecule has 0 fully saturated rings. The van der Waals surface area contributed by atoms with Crippen molar-refractivity contribution in [3.8, 4) is 0 Å². The van der Waals surface area contributed by atoms with Crippen molar-refractivity contribution in [2.45, 2.75) is 19.1 Å². The molecular weight excluding hydrogens is 457 g/mol. The fourth-order valence-corrected chi connectivity index (χ4v) is 4.34. The number of hydrogen-bond donors (Lipinski definition) is 1. The first kappa shape index (κ1) is 23.5. The minimum atomic E-state index is -0.971. The minimum absolute atomic E-state index is 0.102. The van der Waals surface area contributed by atoms with Crippen molar-refractivity contribution < 1.29 is 18.7 Å². The van der Waals surface area contributed by atoms with Gasteiger partial charge in [-0.05, 0) is 41.3 Å². The van der Waals surface area contributed by atoms with E-state index in [2.05, 4.69) is 15.6 Å². The predicted octanol–water partition coefficient (Wildman–Crippen LogP) is 3.16. The van der Waals surface area contributed by atoms with E-state index in [-0.39, 0.29) is 31.4 Å². The Morgan fingerprint density at radius 3 is 2.68 bits per heavy atom. The highest BCUT2D eigenvalue weighted by Gasteiger charge is 2.32. The number of aromatic nitrogens is 3. The third-order valence-corrected chi connectivity index (χ3v) is 6.14. The first-order chi connectivity index (χ1) is 16.6. The molecule has 2 aromatic carbocycles. The summed E-state index contributed by atoms with van der Waals surface area (Å²) in [6.45, 7) is 0.714. The van der Waals surface area contributed by atoms with Crippen LogP contribution in [0.3, 0.4) is 0 Å². The number of fused-ring (bicyclic) bond motifs is 1. The molecule has 0 aliphatic carbocycles. The van der Waals surface area contributed by atoms with E-state index in [0.717, 1.165) is 10.4 Å². The number of amides is 2. The van der Waals surface area contributed by atoms with E-state index in [1.165, 1.54) is 45.2 Å². The summed E-state index contributed by atoms with van der Waals surface area (Å²) in [7, 11) is 1.54. The molecule has 0 bridgehead atoms. The van der Waals surface area contributed by atoms with Crippen LogP contribution in [0.25, 0.3) is 11.0 Å². The SMILES string of the molecule is COCCNC(=O)[C@@H](c1ccc(F)cc1)N(Cc1cccs1)C(=O)Cn1nnc2ccccc21. The molecule has 1 atom stereocenters. The highest BCUT2D eigenvalue weighted by atomic mass is 32.1. The second-order valence-corrected chi connectivity index (χ2v) is 8.61. The number of rotatable bonds is 10. The number of benzene rings is 2.